The minimum absolute atomic E-state index is 0.0781. The van der Waals surface area contributed by atoms with Crippen molar-refractivity contribution in [2.45, 2.75) is 13.0 Å². The van der Waals surface area contributed by atoms with Crippen LogP contribution >= 0.6 is 11.8 Å². The summed E-state index contributed by atoms with van der Waals surface area (Å²) in [7, 11) is 0. The predicted molar refractivity (Wildman–Crippen MR) is 101 cm³/mol. The first kappa shape index (κ1) is 19.6. The number of imide groups is 1. The van der Waals surface area contributed by atoms with Gasteiger partial charge in [-0.2, -0.15) is 0 Å². The summed E-state index contributed by atoms with van der Waals surface area (Å²) in [6.45, 7) is 1.58. The minimum Gasteiger partial charge on any atom is -0.449 e. The molecule has 9 nitrogen and oxygen atoms in total. The average Bonchev–Trinajstić information content (AvgIpc) is 3.23. The number of esters is 1. The topological polar surface area (TPSA) is 119 Å². The van der Waals surface area contributed by atoms with Crippen LogP contribution in [0, 0.1) is 0 Å². The number of thioether (sulfide) groups is 1. The maximum absolute atomic E-state index is 12.0. The van der Waals surface area contributed by atoms with Gasteiger partial charge in [-0.15, -0.1) is 0 Å². The molecule has 1 aromatic carbocycles. The Morgan fingerprint density at radius 3 is 2.89 bits per heavy atom. The second-order valence-corrected chi connectivity index (χ2v) is 6.75. The van der Waals surface area contributed by atoms with Gasteiger partial charge in [0.15, 0.2) is 11.7 Å². The number of benzene rings is 1. The molecule has 3 amide bonds. The van der Waals surface area contributed by atoms with Gasteiger partial charge >= 0.3 is 5.97 Å². The van der Waals surface area contributed by atoms with E-state index >= 15 is 0 Å². The molecule has 0 unspecified atom stereocenters. The molecule has 1 aliphatic rings. The van der Waals surface area contributed by atoms with Crippen LogP contribution in [0.4, 0.5) is 4.79 Å². The number of nitrogens with zero attached hydrogens (tertiary/aromatic N) is 2. The van der Waals surface area contributed by atoms with Gasteiger partial charge in [0, 0.05) is 25.2 Å². The van der Waals surface area contributed by atoms with E-state index in [0.717, 1.165) is 22.7 Å². The number of fused-ring (bicyclic) bond motifs is 1. The number of carbonyl (C=O) groups excluding carboxylic acids is 4. The summed E-state index contributed by atoms with van der Waals surface area (Å²) < 4.78 is 10.5. The van der Waals surface area contributed by atoms with Gasteiger partial charge in [0.05, 0.1) is 5.75 Å². The van der Waals surface area contributed by atoms with E-state index in [1.807, 2.05) is 12.1 Å². The lowest BCUT2D eigenvalue weighted by Crippen LogP contribution is -2.41. The molecule has 1 N–H and O–H groups in total. The van der Waals surface area contributed by atoms with E-state index < -0.39 is 18.0 Å². The molecule has 10 heteroatoms. The summed E-state index contributed by atoms with van der Waals surface area (Å²) in [4.78, 5) is 52.0. The highest BCUT2D eigenvalue weighted by Crippen LogP contribution is 2.18. The molecule has 28 heavy (non-hydrogen) atoms. The first-order valence-corrected chi connectivity index (χ1v) is 9.41. The lowest BCUT2D eigenvalue weighted by atomic mass is 10.3. The minimum atomic E-state index is -1.04. The van der Waals surface area contributed by atoms with E-state index in [2.05, 4.69) is 10.3 Å². The Bertz CT molecular complexity index is 905. The standard InChI is InChI=1S/C18H17N3O6S/c1-11(17(24)19-8-9-21-15(22)10-28-18(21)25)26-16(23)7-6-14-20-12-4-2-3-5-13(12)27-14/h2-7,11H,8-10H2,1H3,(H,19,24)/b7-6+/t11-/m1/s1. The van der Waals surface area contributed by atoms with Crippen molar-refractivity contribution in [3.05, 3.63) is 36.2 Å². The van der Waals surface area contributed by atoms with Gasteiger partial charge in [-0.05, 0) is 19.1 Å². The largest absolute Gasteiger partial charge is 0.449 e. The first-order valence-electron chi connectivity index (χ1n) is 8.43. The molecule has 2 heterocycles. The van der Waals surface area contributed by atoms with Gasteiger partial charge in [-0.25, -0.2) is 9.78 Å². The van der Waals surface area contributed by atoms with Crippen LogP contribution in [0.2, 0.25) is 0 Å². The SMILES string of the molecule is C[C@@H](OC(=O)/C=C/c1nc2ccccc2o1)C(=O)NCCN1C(=O)CSC1=O. The van der Waals surface area contributed by atoms with Crippen molar-refractivity contribution in [1.82, 2.24) is 15.2 Å². The average molecular weight is 403 g/mol. The molecular weight excluding hydrogens is 386 g/mol. The summed E-state index contributed by atoms with van der Waals surface area (Å²) in [5, 5.41) is 2.19. The van der Waals surface area contributed by atoms with Crippen molar-refractivity contribution < 1.29 is 28.3 Å². The molecule has 2 aromatic rings. The zero-order valence-corrected chi connectivity index (χ0v) is 15.7. The molecule has 1 aromatic heterocycles. The molecule has 1 atom stereocenters. The van der Waals surface area contributed by atoms with E-state index in [1.54, 1.807) is 12.1 Å². The number of oxazole rings is 1. The van der Waals surface area contributed by atoms with Crippen LogP contribution in [0.5, 0.6) is 0 Å². The smallest absolute Gasteiger partial charge is 0.331 e. The summed E-state index contributed by atoms with van der Waals surface area (Å²) >= 11 is 0.927. The third-order valence-electron chi connectivity index (χ3n) is 3.81. The summed E-state index contributed by atoms with van der Waals surface area (Å²) in [6, 6.07) is 7.17. The van der Waals surface area contributed by atoms with E-state index in [9.17, 15) is 19.2 Å². The highest BCUT2D eigenvalue weighted by molar-refractivity contribution is 8.14. The zero-order valence-electron chi connectivity index (χ0n) is 14.9. The molecule has 0 spiro atoms. The number of rotatable bonds is 7. The number of ether oxygens (including phenoxy) is 1. The molecule has 1 fully saturated rings. The monoisotopic (exact) mass is 403 g/mol. The predicted octanol–water partition coefficient (Wildman–Crippen LogP) is 1.58. The van der Waals surface area contributed by atoms with Crippen molar-refractivity contribution >= 4 is 52.0 Å². The number of hydrogen-bond acceptors (Lipinski definition) is 8. The van der Waals surface area contributed by atoms with Gasteiger partial charge in [0.1, 0.15) is 5.52 Å². The Hall–Kier alpha value is -3.14. The van der Waals surface area contributed by atoms with Crippen molar-refractivity contribution in [2.24, 2.45) is 0 Å². The molecule has 0 saturated carbocycles. The maximum Gasteiger partial charge on any atom is 0.331 e. The van der Waals surface area contributed by atoms with Gasteiger partial charge in [0.25, 0.3) is 11.1 Å². The van der Waals surface area contributed by atoms with E-state index in [4.69, 9.17) is 9.15 Å². The Morgan fingerprint density at radius 1 is 1.39 bits per heavy atom. The fraction of sp³-hybridized carbons (Fsp3) is 0.278. The van der Waals surface area contributed by atoms with Crippen molar-refractivity contribution in [1.29, 1.82) is 0 Å². The molecule has 0 aliphatic carbocycles. The van der Waals surface area contributed by atoms with Crippen LogP contribution in [0.25, 0.3) is 17.2 Å². The highest BCUT2D eigenvalue weighted by atomic mass is 32.2. The molecule has 3 rings (SSSR count). The highest BCUT2D eigenvalue weighted by Gasteiger charge is 2.29. The third-order valence-corrected chi connectivity index (χ3v) is 4.67. The fourth-order valence-corrected chi connectivity index (χ4v) is 3.15. The summed E-state index contributed by atoms with van der Waals surface area (Å²) in [6.07, 6.45) is 1.43. The number of nitrogens with one attached hydrogen (secondary N) is 1. The number of hydrogen-bond donors (Lipinski definition) is 1. The second kappa shape index (κ2) is 8.70. The molecule has 0 radical (unpaired) electrons. The van der Waals surface area contributed by atoms with Gasteiger partial charge in [-0.3, -0.25) is 19.3 Å². The second-order valence-electron chi connectivity index (χ2n) is 5.82. The summed E-state index contributed by atoms with van der Waals surface area (Å²) in [5.74, 6) is -1.18. The first-order chi connectivity index (χ1) is 13.4. The normalized spacial score (nSPS) is 15.4. The van der Waals surface area contributed by atoms with Gasteiger partial charge < -0.3 is 14.5 Å². The van der Waals surface area contributed by atoms with E-state index in [1.165, 1.54) is 13.0 Å². The van der Waals surface area contributed by atoms with Crippen LogP contribution in [-0.4, -0.2) is 57.9 Å². The molecule has 0 bridgehead atoms. The van der Waals surface area contributed by atoms with Crippen molar-refractivity contribution in [3.63, 3.8) is 0 Å². The Morgan fingerprint density at radius 2 is 2.18 bits per heavy atom. The Balaban J connectivity index is 1.44. The van der Waals surface area contributed by atoms with Crippen LogP contribution in [-0.2, 0) is 19.1 Å². The van der Waals surface area contributed by atoms with E-state index in [-0.39, 0.29) is 35.9 Å². The van der Waals surface area contributed by atoms with Gasteiger partial charge in [0.2, 0.25) is 11.8 Å². The van der Waals surface area contributed by atoms with Crippen LogP contribution < -0.4 is 5.32 Å². The lowest BCUT2D eigenvalue weighted by Gasteiger charge is -2.15. The van der Waals surface area contributed by atoms with E-state index in [0.29, 0.717) is 11.1 Å². The number of aromatic nitrogens is 1. The van der Waals surface area contributed by atoms with Crippen LogP contribution in [0.15, 0.2) is 34.8 Å². The molecule has 1 saturated heterocycles. The number of carbonyl (C=O) groups is 4. The molecule has 1 aliphatic heterocycles. The number of para-hydroxylation sites is 2. The van der Waals surface area contributed by atoms with Crippen LogP contribution in [0.1, 0.15) is 12.8 Å². The Kier molecular flexibility index (Phi) is 6.09. The lowest BCUT2D eigenvalue weighted by molar-refractivity contribution is -0.150. The Labute approximate surface area is 164 Å². The molecular formula is C18H17N3O6S. The van der Waals surface area contributed by atoms with Gasteiger partial charge in [-0.1, -0.05) is 23.9 Å². The van der Waals surface area contributed by atoms with Crippen molar-refractivity contribution in [2.75, 3.05) is 18.8 Å². The zero-order chi connectivity index (χ0) is 20.1. The van der Waals surface area contributed by atoms with Crippen LogP contribution in [0.3, 0.4) is 0 Å². The maximum atomic E-state index is 12.0. The molecule has 146 valence electrons. The summed E-state index contributed by atoms with van der Waals surface area (Å²) in [5.41, 5.74) is 1.26. The van der Waals surface area contributed by atoms with Crippen molar-refractivity contribution in [3.8, 4) is 0 Å². The third kappa shape index (κ3) is 4.77. The number of amides is 3. The fourth-order valence-electron chi connectivity index (χ4n) is 2.40. The quantitative estimate of drug-likeness (QED) is 0.547.